The van der Waals surface area contributed by atoms with Crippen molar-refractivity contribution in [3.05, 3.63) is 16.0 Å². The predicted molar refractivity (Wildman–Crippen MR) is 66.0 cm³/mol. The van der Waals surface area contributed by atoms with Crippen LogP contribution in [0.25, 0.3) is 0 Å². The van der Waals surface area contributed by atoms with E-state index in [9.17, 15) is 4.79 Å². The first kappa shape index (κ1) is 10.3. The molecule has 1 aromatic rings. The summed E-state index contributed by atoms with van der Waals surface area (Å²) in [5.74, 6) is 0.124. The van der Waals surface area contributed by atoms with Gasteiger partial charge in [0.1, 0.15) is 0 Å². The molecule has 2 N–H and O–H groups in total. The second-order valence-electron chi connectivity index (χ2n) is 4.86. The third-order valence-electron chi connectivity index (χ3n) is 4.00. The van der Waals surface area contributed by atoms with Crippen LogP contribution in [0.1, 0.15) is 46.6 Å². The Morgan fingerprint density at radius 3 is 2.94 bits per heavy atom. The number of thiophene rings is 1. The Bertz CT molecular complexity index is 466. The lowest BCUT2D eigenvalue weighted by molar-refractivity contribution is 0.101. The minimum Gasteiger partial charge on any atom is -0.390 e. The number of nitrogens with two attached hydrogens (primary N) is 1. The molecule has 0 spiro atoms. The van der Waals surface area contributed by atoms with Gasteiger partial charge >= 0.3 is 0 Å². The van der Waals surface area contributed by atoms with Gasteiger partial charge in [0, 0.05) is 17.0 Å². The van der Waals surface area contributed by atoms with Crippen LogP contribution in [0.15, 0.2) is 0 Å². The van der Waals surface area contributed by atoms with E-state index in [0.717, 1.165) is 17.0 Å². The lowest BCUT2D eigenvalue weighted by atomic mass is 9.96. The number of hydrogen-bond acceptors (Lipinski definition) is 4. The van der Waals surface area contributed by atoms with Crippen LogP contribution < -0.4 is 5.73 Å². The number of nitrogen functional groups attached to an aromatic ring is 1. The van der Waals surface area contributed by atoms with Crippen molar-refractivity contribution in [2.75, 3.05) is 12.8 Å². The van der Waals surface area contributed by atoms with Crippen LogP contribution in [0.4, 0.5) is 5.00 Å². The highest BCUT2D eigenvalue weighted by molar-refractivity contribution is 7.16. The third-order valence-corrected chi connectivity index (χ3v) is 5.16. The molecule has 86 valence electrons. The van der Waals surface area contributed by atoms with Crippen LogP contribution in [0.5, 0.6) is 0 Å². The monoisotopic (exact) mass is 236 g/mol. The molecule has 2 aliphatic rings. The summed E-state index contributed by atoms with van der Waals surface area (Å²) in [6, 6.07) is 1.12. The number of likely N-dealkylation sites (N-methyl/N-ethyl adjacent to an activating group) is 1. The van der Waals surface area contributed by atoms with Gasteiger partial charge in [-0.15, -0.1) is 11.3 Å². The van der Waals surface area contributed by atoms with Gasteiger partial charge in [0.05, 0.1) is 10.6 Å². The quantitative estimate of drug-likeness (QED) is 0.761. The number of rotatable bonds is 1. The van der Waals surface area contributed by atoms with E-state index in [0.29, 0.717) is 12.1 Å². The van der Waals surface area contributed by atoms with Crippen molar-refractivity contribution in [2.45, 2.75) is 38.3 Å². The van der Waals surface area contributed by atoms with Crippen LogP contribution in [0, 0.1) is 0 Å². The predicted octanol–water partition coefficient (Wildman–Crippen LogP) is 2.22. The van der Waals surface area contributed by atoms with Gasteiger partial charge in [0.15, 0.2) is 5.78 Å². The van der Waals surface area contributed by atoms with Crippen LogP contribution in [0.3, 0.4) is 0 Å². The van der Waals surface area contributed by atoms with Gasteiger partial charge < -0.3 is 5.73 Å². The highest BCUT2D eigenvalue weighted by Gasteiger charge is 2.40. The number of carbonyl (C=O) groups excluding carboxylic acids is 1. The molecule has 3 nitrogen and oxygen atoms in total. The molecular formula is C12H16N2OS. The second-order valence-corrected chi connectivity index (χ2v) is 5.94. The number of anilines is 1. The topological polar surface area (TPSA) is 46.3 Å². The molecule has 2 aliphatic heterocycles. The average Bonchev–Trinajstić information content (AvgIpc) is 2.64. The highest BCUT2D eigenvalue weighted by Crippen LogP contribution is 2.48. The first-order valence-electron chi connectivity index (χ1n) is 5.73. The fourth-order valence-corrected chi connectivity index (χ4v) is 4.51. The number of hydrogen-bond donors (Lipinski definition) is 1. The summed E-state index contributed by atoms with van der Waals surface area (Å²) in [6.07, 6.45) is 3.47. The minimum atomic E-state index is 0.124. The maximum absolute atomic E-state index is 11.6. The molecule has 16 heavy (non-hydrogen) atoms. The smallest absolute Gasteiger partial charge is 0.163 e. The van der Waals surface area contributed by atoms with Crippen LogP contribution in [-0.2, 0) is 6.42 Å². The van der Waals surface area contributed by atoms with E-state index < -0.39 is 0 Å². The first-order chi connectivity index (χ1) is 7.59. The van der Waals surface area contributed by atoms with E-state index in [4.69, 9.17) is 5.73 Å². The lowest BCUT2D eigenvalue weighted by Gasteiger charge is -2.31. The molecule has 0 amide bonds. The number of Topliss-reactive ketones (excluding diaryl/α,β-unsaturated/α-hetero) is 1. The second kappa shape index (κ2) is 3.31. The van der Waals surface area contributed by atoms with Gasteiger partial charge in [0.25, 0.3) is 0 Å². The summed E-state index contributed by atoms with van der Waals surface area (Å²) in [4.78, 5) is 15.4. The fraction of sp³-hybridized carbons (Fsp3) is 0.583. The zero-order chi connectivity index (χ0) is 11.4. The summed E-state index contributed by atoms with van der Waals surface area (Å²) in [6.45, 7) is 1.62. The van der Waals surface area contributed by atoms with Crippen LogP contribution in [-0.4, -0.2) is 23.8 Å². The van der Waals surface area contributed by atoms with E-state index in [-0.39, 0.29) is 5.78 Å². The summed E-state index contributed by atoms with van der Waals surface area (Å²) in [5, 5.41) is 0.721. The highest BCUT2D eigenvalue weighted by atomic mass is 32.1. The molecule has 0 aromatic carbocycles. The molecule has 1 saturated heterocycles. The van der Waals surface area contributed by atoms with Crippen LogP contribution in [0.2, 0.25) is 0 Å². The largest absolute Gasteiger partial charge is 0.390 e. The molecule has 0 aliphatic carbocycles. The van der Waals surface area contributed by atoms with E-state index in [1.807, 2.05) is 0 Å². The van der Waals surface area contributed by atoms with Gasteiger partial charge in [-0.1, -0.05) is 0 Å². The molecule has 3 heterocycles. The Morgan fingerprint density at radius 2 is 2.25 bits per heavy atom. The van der Waals surface area contributed by atoms with E-state index in [1.54, 1.807) is 18.3 Å². The Labute approximate surface area is 99.2 Å². The Kier molecular flexibility index (Phi) is 2.13. The lowest BCUT2D eigenvalue weighted by Crippen LogP contribution is -2.33. The molecule has 0 unspecified atom stereocenters. The van der Waals surface area contributed by atoms with Crippen molar-refractivity contribution in [3.63, 3.8) is 0 Å². The summed E-state index contributed by atoms with van der Waals surface area (Å²) >= 11 is 1.62. The fourth-order valence-electron chi connectivity index (χ4n) is 3.17. The third kappa shape index (κ3) is 1.20. The molecule has 3 rings (SSSR count). The Balaban J connectivity index is 2.16. The van der Waals surface area contributed by atoms with Crippen molar-refractivity contribution in [1.29, 1.82) is 0 Å². The number of nitrogens with zero attached hydrogens (tertiary/aromatic N) is 1. The number of fused-ring (bicyclic) bond motifs is 4. The van der Waals surface area contributed by atoms with E-state index >= 15 is 0 Å². The standard InChI is InChI=1S/C12H16N2OS/c1-6(15)10-8-5-7-3-4-9(14(7)2)11(8)16-12(10)13/h7,9H,3-5,13H2,1-2H3/t7-,9-/m0/s1. The first-order valence-corrected chi connectivity index (χ1v) is 6.55. The van der Waals surface area contributed by atoms with Gasteiger partial charge in [-0.3, -0.25) is 9.69 Å². The summed E-state index contributed by atoms with van der Waals surface area (Å²) in [5.41, 5.74) is 8.04. The number of ketones is 1. The zero-order valence-electron chi connectivity index (χ0n) is 9.62. The average molecular weight is 236 g/mol. The maximum atomic E-state index is 11.6. The Morgan fingerprint density at radius 1 is 1.50 bits per heavy atom. The number of carbonyl (C=O) groups is 1. The molecule has 0 saturated carbocycles. The van der Waals surface area contributed by atoms with Crippen molar-refractivity contribution in [3.8, 4) is 0 Å². The summed E-state index contributed by atoms with van der Waals surface area (Å²) in [7, 11) is 2.19. The SMILES string of the molecule is CC(=O)c1c(N)sc2c1C[C@@H]1CC[C@@H]2N1C. The zero-order valence-corrected chi connectivity index (χ0v) is 10.4. The molecule has 1 aromatic heterocycles. The van der Waals surface area contributed by atoms with Gasteiger partial charge in [-0.25, -0.2) is 0 Å². The van der Waals surface area contributed by atoms with Crippen LogP contribution >= 0.6 is 11.3 Å². The molecule has 4 heteroatoms. The molecule has 2 atom stereocenters. The van der Waals surface area contributed by atoms with Crippen molar-refractivity contribution < 1.29 is 4.79 Å². The summed E-state index contributed by atoms with van der Waals surface area (Å²) < 4.78 is 0. The van der Waals surface area contributed by atoms with Crippen molar-refractivity contribution >= 4 is 22.1 Å². The van der Waals surface area contributed by atoms with Crippen molar-refractivity contribution in [1.82, 2.24) is 4.90 Å². The normalized spacial score (nSPS) is 28.1. The molecule has 1 fully saturated rings. The maximum Gasteiger partial charge on any atom is 0.163 e. The Hall–Kier alpha value is -0.870. The van der Waals surface area contributed by atoms with E-state index in [2.05, 4.69) is 11.9 Å². The molecule has 0 radical (unpaired) electrons. The van der Waals surface area contributed by atoms with Gasteiger partial charge in [-0.05, 0) is 38.8 Å². The van der Waals surface area contributed by atoms with Gasteiger partial charge in [-0.2, -0.15) is 0 Å². The molecule has 2 bridgehead atoms. The molecular weight excluding hydrogens is 220 g/mol. The van der Waals surface area contributed by atoms with E-state index in [1.165, 1.54) is 23.3 Å². The van der Waals surface area contributed by atoms with Gasteiger partial charge in [0.2, 0.25) is 0 Å². The minimum absolute atomic E-state index is 0.124. The van der Waals surface area contributed by atoms with Crippen molar-refractivity contribution in [2.24, 2.45) is 0 Å².